The predicted molar refractivity (Wildman–Crippen MR) is 112 cm³/mol. The van der Waals surface area contributed by atoms with Gasteiger partial charge in [0.2, 0.25) is 0 Å². The molecule has 2 heterocycles. The largest absolute Gasteiger partial charge is 0.507 e. The van der Waals surface area contributed by atoms with Crippen molar-refractivity contribution >= 4 is 44.3 Å². The summed E-state index contributed by atoms with van der Waals surface area (Å²) >= 11 is 3.28. The fraction of sp³-hybridized carbons (Fsp3) is 0.190. The van der Waals surface area contributed by atoms with Crippen molar-refractivity contribution in [1.82, 2.24) is 9.97 Å². The van der Waals surface area contributed by atoms with Crippen LogP contribution in [-0.2, 0) is 9.59 Å². The van der Waals surface area contributed by atoms with Gasteiger partial charge < -0.3 is 15.2 Å². The number of Topliss-reactive ketones (excluding diaryl/α,β-unsaturated/α-hetero) is 1. The Morgan fingerprint density at radius 1 is 1.24 bits per heavy atom. The first kappa shape index (κ1) is 19.2. The lowest BCUT2D eigenvalue weighted by Gasteiger charge is -2.27. The number of aromatic hydroxyl groups is 1. The number of ketones is 1. The van der Waals surface area contributed by atoms with Crippen molar-refractivity contribution < 1.29 is 19.8 Å². The Balaban J connectivity index is 1.89. The van der Waals surface area contributed by atoms with E-state index in [0.29, 0.717) is 22.1 Å². The highest BCUT2D eigenvalue weighted by atomic mass is 79.9. The molecule has 1 aromatic heterocycles. The van der Waals surface area contributed by atoms with Crippen LogP contribution in [0.1, 0.15) is 31.4 Å². The Labute approximate surface area is 174 Å². The van der Waals surface area contributed by atoms with Crippen molar-refractivity contribution in [1.29, 1.82) is 0 Å². The second-order valence-electron chi connectivity index (χ2n) is 6.83. The minimum Gasteiger partial charge on any atom is -0.507 e. The number of nitrogens with zero attached hydrogens (tertiary/aromatic N) is 2. The normalized spacial score (nSPS) is 16.8. The number of aromatic nitrogens is 2. The summed E-state index contributed by atoms with van der Waals surface area (Å²) in [5.74, 6) is -1.42. The van der Waals surface area contributed by atoms with E-state index in [4.69, 9.17) is 0 Å². The van der Waals surface area contributed by atoms with E-state index in [2.05, 4.69) is 25.9 Å². The number of benzene rings is 2. The molecule has 4 rings (SSSR count). The number of hydrogen-bond donors (Lipinski definition) is 3. The first-order valence-corrected chi connectivity index (χ1v) is 9.93. The summed E-state index contributed by atoms with van der Waals surface area (Å²) in [5.41, 5.74) is 2.65. The molecule has 8 heteroatoms. The van der Waals surface area contributed by atoms with Crippen LogP contribution in [0.15, 0.2) is 58.5 Å². The van der Waals surface area contributed by atoms with Crippen molar-refractivity contribution in [3.05, 3.63) is 64.1 Å². The third-order valence-corrected chi connectivity index (χ3v) is 5.59. The summed E-state index contributed by atoms with van der Waals surface area (Å²) in [4.78, 5) is 34.4. The maximum atomic E-state index is 13.0. The number of anilines is 1. The first-order valence-electron chi connectivity index (χ1n) is 9.13. The summed E-state index contributed by atoms with van der Waals surface area (Å²) in [6.07, 6.45) is 2.37. The van der Waals surface area contributed by atoms with Crippen molar-refractivity contribution in [2.75, 3.05) is 4.90 Å². The number of hydrogen-bond acceptors (Lipinski definition) is 5. The number of aliphatic hydroxyl groups is 1. The predicted octanol–water partition coefficient (Wildman–Crippen LogP) is 4.30. The molecule has 29 heavy (non-hydrogen) atoms. The smallest absolute Gasteiger partial charge is 0.294 e. The number of amides is 1. The number of carbonyl (C=O) groups is 2. The van der Waals surface area contributed by atoms with Gasteiger partial charge in [0.1, 0.15) is 5.75 Å². The number of carbonyl (C=O) groups excluding carboxylic acids is 2. The molecule has 0 fully saturated rings. The highest BCUT2D eigenvalue weighted by Crippen LogP contribution is 2.43. The third kappa shape index (κ3) is 3.19. The Morgan fingerprint density at radius 2 is 2.03 bits per heavy atom. The molecule has 148 valence electrons. The van der Waals surface area contributed by atoms with Gasteiger partial charge in [-0.05, 0) is 58.2 Å². The molecule has 0 aliphatic carbocycles. The number of halogens is 1. The molecule has 1 unspecified atom stereocenters. The van der Waals surface area contributed by atoms with E-state index in [1.54, 1.807) is 36.7 Å². The van der Waals surface area contributed by atoms with Crippen LogP contribution >= 0.6 is 15.9 Å². The number of phenolic OH excluding ortho intramolecular Hbond substituents is 1. The molecule has 2 aromatic carbocycles. The average Bonchev–Trinajstić information content (AvgIpc) is 3.26. The van der Waals surface area contributed by atoms with Crippen molar-refractivity contribution in [3.8, 4) is 5.75 Å². The molecular formula is C21H18BrN3O4. The Kier molecular flexibility index (Phi) is 4.87. The maximum absolute atomic E-state index is 13.0. The van der Waals surface area contributed by atoms with Gasteiger partial charge in [-0.2, -0.15) is 0 Å². The highest BCUT2D eigenvalue weighted by Gasteiger charge is 2.44. The second-order valence-corrected chi connectivity index (χ2v) is 7.68. The lowest BCUT2D eigenvalue weighted by Crippen LogP contribution is -2.31. The molecule has 3 N–H and O–H groups in total. The van der Waals surface area contributed by atoms with Crippen molar-refractivity contribution in [2.45, 2.75) is 25.8 Å². The van der Waals surface area contributed by atoms with Crippen LogP contribution in [0.25, 0.3) is 11.0 Å². The zero-order valence-corrected chi connectivity index (χ0v) is 17.1. The van der Waals surface area contributed by atoms with E-state index in [0.717, 1.165) is 11.0 Å². The van der Waals surface area contributed by atoms with E-state index in [1.807, 2.05) is 6.92 Å². The Morgan fingerprint density at radius 3 is 2.76 bits per heavy atom. The summed E-state index contributed by atoms with van der Waals surface area (Å²) < 4.78 is 0.431. The molecule has 0 spiro atoms. The second kappa shape index (κ2) is 7.36. The van der Waals surface area contributed by atoms with Gasteiger partial charge in [0.15, 0.2) is 11.5 Å². The number of imidazole rings is 1. The summed E-state index contributed by atoms with van der Waals surface area (Å²) in [5, 5.41) is 20.5. The van der Waals surface area contributed by atoms with E-state index in [9.17, 15) is 19.8 Å². The van der Waals surface area contributed by atoms with E-state index in [1.165, 1.54) is 11.0 Å². The number of aromatic amines is 1. The highest BCUT2D eigenvalue weighted by molar-refractivity contribution is 9.10. The number of nitrogens with one attached hydrogen (secondary N) is 1. The molecule has 0 bridgehead atoms. The fourth-order valence-corrected chi connectivity index (χ4v) is 4.00. The zero-order chi connectivity index (χ0) is 20.7. The van der Waals surface area contributed by atoms with Crippen molar-refractivity contribution in [2.24, 2.45) is 0 Å². The van der Waals surface area contributed by atoms with E-state index in [-0.39, 0.29) is 23.5 Å². The standard InChI is InChI=1S/C21H18BrN3O4/c1-2-3-17(27)18-19(11-4-7-16(26)13(22)8-11)25(21(29)20(18)28)12-5-6-14-15(9-12)24-10-23-14/h4-10,19,26,28H,2-3H2,1H3,(H,23,24). The number of rotatable bonds is 5. The molecule has 1 aliphatic heterocycles. The Bertz CT molecular complexity index is 1170. The molecule has 0 saturated carbocycles. The van der Waals surface area contributed by atoms with Crippen LogP contribution in [0.2, 0.25) is 0 Å². The monoisotopic (exact) mass is 455 g/mol. The molecular weight excluding hydrogens is 438 g/mol. The van der Waals surface area contributed by atoms with Gasteiger partial charge >= 0.3 is 0 Å². The van der Waals surface area contributed by atoms with Gasteiger partial charge in [0, 0.05) is 12.1 Å². The average molecular weight is 456 g/mol. The van der Waals surface area contributed by atoms with Gasteiger partial charge in [-0.25, -0.2) is 4.98 Å². The fourth-order valence-electron chi connectivity index (χ4n) is 3.60. The van der Waals surface area contributed by atoms with Gasteiger partial charge in [-0.3, -0.25) is 14.5 Å². The summed E-state index contributed by atoms with van der Waals surface area (Å²) in [6.45, 7) is 1.86. The minimum atomic E-state index is -0.807. The van der Waals surface area contributed by atoms with Gasteiger partial charge in [-0.1, -0.05) is 13.0 Å². The minimum absolute atomic E-state index is 0.0399. The molecule has 1 amide bonds. The molecule has 7 nitrogen and oxygen atoms in total. The third-order valence-electron chi connectivity index (χ3n) is 4.96. The van der Waals surface area contributed by atoms with E-state index >= 15 is 0 Å². The number of aliphatic hydroxyl groups excluding tert-OH is 1. The lowest BCUT2D eigenvalue weighted by molar-refractivity contribution is -0.118. The van der Waals surface area contributed by atoms with Crippen LogP contribution in [0.4, 0.5) is 5.69 Å². The summed E-state index contributed by atoms with van der Waals surface area (Å²) in [7, 11) is 0. The number of phenols is 1. The number of fused-ring (bicyclic) bond motifs is 1. The topological polar surface area (TPSA) is 107 Å². The Hall–Kier alpha value is -3.13. The van der Waals surface area contributed by atoms with Crippen LogP contribution < -0.4 is 4.90 Å². The first-order chi connectivity index (χ1) is 13.9. The van der Waals surface area contributed by atoms with Gasteiger partial charge in [0.05, 0.1) is 33.4 Å². The summed E-state index contributed by atoms with van der Waals surface area (Å²) in [6, 6.07) is 9.20. The van der Waals surface area contributed by atoms with Crippen LogP contribution in [0.5, 0.6) is 5.75 Å². The molecule has 3 aromatic rings. The molecule has 1 atom stereocenters. The molecule has 1 aliphatic rings. The van der Waals surface area contributed by atoms with Gasteiger partial charge in [-0.15, -0.1) is 0 Å². The van der Waals surface area contributed by atoms with E-state index < -0.39 is 17.7 Å². The molecule has 0 saturated heterocycles. The number of H-pyrrole nitrogens is 1. The van der Waals surface area contributed by atoms with Crippen LogP contribution in [-0.4, -0.2) is 31.9 Å². The molecule has 0 radical (unpaired) electrons. The zero-order valence-electron chi connectivity index (χ0n) is 15.5. The SMILES string of the molecule is CCCC(=O)C1=C(O)C(=O)N(c2ccc3nc[nH]c3c2)C1c1ccc(O)c(Br)c1. The lowest BCUT2D eigenvalue weighted by atomic mass is 9.94. The van der Waals surface area contributed by atoms with Gasteiger partial charge in [0.25, 0.3) is 5.91 Å². The van der Waals surface area contributed by atoms with Crippen LogP contribution in [0.3, 0.4) is 0 Å². The van der Waals surface area contributed by atoms with Crippen LogP contribution in [0, 0.1) is 0 Å². The maximum Gasteiger partial charge on any atom is 0.294 e. The van der Waals surface area contributed by atoms with Crippen molar-refractivity contribution in [3.63, 3.8) is 0 Å². The quantitative estimate of drug-likeness (QED) is 0.531.